The summed E-state index contributed by atoms with van der Waals surface area (Å²) in [5, 5.41) is 0. The third kappa shape index (κ3) is 8.42. The highest BCUT2D eigenvalue weighted by atomic mass is 16.7. The SMILES string of the molecule is CC(OCCC1CCCCC1)OC(=O)C(N)CC(C)(C)C. The summed E-state index contributed by atoms with van der Waals surface area (Å²) >= 11 is 0. The van der Waals surface area contributed by atoms with Gasteiger partial charge in [0, 0.05) is 0 Å². The van der Waals surface area contributed by atoms with Crippen LogP contribution >= 0.6 is 0 Å². The molecule has 1 fully saturated rings. The van der Waals surface area contributed by atoms with E-state index in [1.165, 1.54) is 32.1 Å². The van der Waals surface area contributed by atoms with Crippen molar-refractivity contribution < 1.29 is 14.3 Å². The summed E-state index contributed by atoms with van der Waals surface area (Å²) in [5.74, 6) is 0.417. The normalized spacial score (nSPS) is 20.0. The molecule has 1 aliphatic rings. The van der Waals surface area contributed by atoms with E-state index in [2.05, 4.69) is 20.8 Å². The molecule has 0 aromatic rings. The Bertz CT molecular complexity index is 306. The molecule has 1 aliphatic carbocycles. The van der Waals surface area contributed by atoms with Crippen LogP contribution in [0.5, 0.6) is 0 Å². The second-order valence-electron chi connectivity index (χ2n) is 7.54. The molecule has 2 N–H and O–H groups in total. The average molecular weight is 299 g/mol. The molecule has 0 amide bonds. The molecule has 2 atom stereocenters. The lowest BCUT2D eigenvalue weighted by Gasteiger charge is -2.24. The van der Waals surface area contributed by atoms with Gasteiger partial charge in [0.15, 0.2) is 6.29 Å². The highest BCUT2D eigenvalue weighted by Crippen LogP contribution is 2.26. The average Bonchev–Trinajstić information content (AvgIpc) is 2.37. The first kappa shape index (κ1) is 18.4. The third-order valence-electron chi connectivity index (χ3n) is 4.02. The monoisotopic (exact) mass is 299 g/mol. The van der Waals surface area contributed by atoms with E-state index in [4.69, 9.17) is 15.2 Å². The Hall–Kier alpha value is -0.610. The zero-order valence-corrected chi connectivity index (χ0v) is 14.2. The molecule has 0 spiro atoms. The van der Waals surface area contributed by atoms with Crippen LogP contribution < -0.4 is 5.73 Å². The standard InChI is InChI=1S/C17H33NO3/c1-13(20-11-10-14-8-6-5-7-9-14)21-16(19)15(18)12-17(2,3)4/h13-15H,5-12,18H2,1-4H3. The Labute approximate surface area is 129 Å². The lowest BCUT2D eigenvalue weighted by molar-refractivity contribution is -0.177. The molecule has 4 nitrogen and oxygen atoms in total. The van der Waals surface area contributed by atoms with E-state index in [1.807, 2.05) is 0 Å². The Balaban J connectivity index is 2.17. The molecule has 1 saturated carbocycles. The predicted molar refractivity (Wildman–Crippen MR) is 84.7 cm³/mol. The van der Waals surface area contributed by atoms with Crippen LogP contribution in [-0.2, 0) is 14.3 Å². The number of carbonyl (C=O) groups excluding carboxylic acids is 1. The summed E-state index contributed by atoms with van der Waals surface area (Å²) < 4.78 is 10.9. The zero-order chi connectivity index (χ0) is 15.9. The van der Waals surface area contributed by atoms with Crippen molar-refractivity contribution in [3.8, 4) is 0 Å². The highest BCUT2D eigenvalue weighted by Gasteiger charge is 2.24. The quantitative estimate of drug-likeness (QED) is 0.576. The Kier molecular flexibility index (Phi) is 7.67. The Morgan fingerprint density at radius 1 is 1.24 bits per heavy atom. The largest absolute Gasteiger partial charge is 0.435 e. The van der Waals surface area contributed by atoms with E-state index in [0.717, 1.165) is 12.3 Å². The third-order valence-corrected chi connectivity index (χ3v) is 4.02. The first-order valence-electron chi connectivity index (χ1n) is 8.35. The molecule has 124 valence electrons. The zero-order valence-electron chi connectivity index (χ0n) is 14.2. The van der Waals surface area contributed by atoms with Gasteiger partial charge in [0.2, 0.25) is 0 Å². The number of esters is 1. The second kappa shape index (κ2) is 8.74. The van der Waals surface area contributed by atoms with E-state index in [1.54, 1.807) is 6.92 Å². The van der Waals surface area contributed by atoms with Gasteiger partial charge in [-0.15, -0.1) is 0 Å². The molecule has 21 heavy (non-hydrogen) atoms. The van der Waals surface area contributed by atoms with Gasteiger partial charge in [-0.05, 0) is 31.1 Å². The van der Waals surface area contributed by atoms with Crippen molar-refractivity contribution in [1.82, 2.24) is 0 Å². The van der Waals surface area contributed by atoms with E-state index in [9.17, 15) is 4.79 Å². The van der Waals surface area contributed by atoms with E-state index in [-0.39, 0.29) is 11.4 Å². The van der Waals surface area contributed by atoms with Crippen LogP contribution in [0.25, 0.3) is 0 Å². The van der Waals surface area contributed by atoms with Crippen LogP contribution in [0.15, 0.2) is 0 Å². The molecular formula is C17H33NO3. The van der Waals surface area contributed by atoms with Gasteiger partial charge < -0.3 is 15.2 Å². The van der Waals surface area contributed by atoms with Crippen molar-refractivity contribution in [2.75, 3.05) is 6.61 Å². The summed E-state index contributed by atoms with van der Waals surface area (Å²) in [6.45, 7) is 8.61. The molecular weight excluding hydrogens is 266 g/mol. The number of nitrogens with two attached hydrogens (primary N) is 1. The number of hydrogen-bond donors (Lipinski definition) is 1. The fourth-order valence-corrected chi connectivity index (χ4v) is 2.90. The molecule has 2 unspecified atom stereocenters. The minimum absolute atomic E-state index is 0.0174. The lowest BCUT2D eigenvalue weighted by atomic mass is 9.87. The fourth-order valence-electron chi connectivity index (χ4n) is 2.90. The maximum atomic E-state index is 11.9. The van der Waals surface area contributed by atoms with Gasteiger partial charge in [-0.1, -0.05) is 52.9 Å². The number of ether oxygens (including phenoxy) is 2. The van der Waals surface area contributed by atoms with Crippen LogP contribution in [0, 0.1) is 11.3 Å². The lowest BCUT2D eigenvalue weighted by Crippen LogP contribution is -2.38. The van der Waals surface area contributed by atoms with Crippen LogP contribution in [0.4, 0.5) is 0 Å². The highest BCUT2D eigenvalue weighted by molar-refractivity contribution is 5.75. The number of carbonyl (C=O) groups is 1. The van der Waals surface area contributed by atoms with E-state index < -0.39 is 12.3 Å². The summed E-state index contributed by atoms with van der Waals surface area (Å²) in [6, 6.07) is -0.575. The van der Waals surface area contributed by atoms with Crippen LogP contribution in [-0.4, -0.2) is 24.9 Å². The molecule has 0 heterocycles. The molecule has 4 heteroatoms. The first-order valence-corrected chi connectivity index (χ1v) is 8.35. The molecule has 1 rings (SSSR count). The first-order chi connectivity index (χ1) is 9.78. The van der Waals surface area contributed by atoms with Crippen LogP contribution in [0.3, 0.4) is 0 Å². The van der Waals surface area contributed by atoms with E-state index >= 15 is 0 Å². The van der Waals surface area contributed by atoms with Gasteiger partial charge in [-0.25, -0.2) is 0 Å². The number of rotatable bonds is 7. The maximum absolute atomic E-state index is 11.9. The van der Waals surface area contributed by atoms with Gasteiger partial charge in [-0.3, -0.25) is 4.79 Å². The minimum atomic E-state index is -0.575. The minimum Gasteiger partial charge on any atom is -0.435 e. The summed E-state index contributed by atoms with van der Waals surface area (Å²) in [6.07, 6.45) is 7.86. The molecule has 0 aliphatic heterocycles. The fraction of sp³-hybridized carbons (Fsp3) is 0.941. The predicted octanol–water partition coefficient (Wildman–Crippen LogP) is 3.63. The topological polar surface area (TPSA) is 61.5 Å². The van der Waals surface area contributed by atoms with Crippen molar-refractivity contribution in [3.63, 3.8) is 0 Å². The van der Waals surface area contributed by atoms with Crippen LogP contribution in [0.2, 0.25) is 0 Å². The maximum Gasteiger partial charge on any atom is 0.325 e. The molecule has 0 aromatic heterocycles. The molecule has 0 radical (unpaired) electrons. The molecule has 0 bridgehead atoms. The van der Waals surface area contributed by atoms with Gasteiger partial charge in [-0.2, -0.15) is 0 Å². The van der Waals surface area contributed by atoms with Gasteiger partial charge in [0.05, 0.1) is 6.61 Å². The molecule has 0 aromatic carbocycles. The van der Waals surface area contributed by atoms with Crippen molar-refractivity contribution in [2.45, 2.75) is 85.0 Å². The molecule has 0 saturated heterocycles. The van der Waals surface area contributed by atoms with Crippen LogP contribution in [0.1, 0.15) is 72.6 Å². The van der Waals surface area contributed by atoms with Crippen molar-refractivity contribution in [3.05, 3.63) is 0 Å². The smallest absolute Gasteiger partial charge is 0.325 e. The summed E-state index contributed by atoms with van der Waals surface area (Å²) in [4.78, 5) is 11.9. The summed E-state index contributed by atoms with van der Waals surface area (Å²) in [5.41, 5.74) is 5.88. The van der Waals surface area contributed by atoms with Gasteiger partial charge in [0.25, 0.3) is 0 Å². The van der Waals surface area contributed by atoms with Gasteiger partial charge >= 0.3 is 5.97 Å². The number of hydrogen-bond acceptors (Lipinski definition) is 4. The Morgan fingerprint density at radius 3 is 2.43 bits per heavy atom. The van der Waals surface area contributed by atoms with E-state index in [0.29, 0.717) is 13.0 Å². The Morgan fingerprint density at radius 2 is 1.86 bits per heavy atom. The second-order valence-corrected chi connectivity index (χ2v) is 7.54. The van der Waals surface area contributed by atoms with Crippen molar-refractivity contribution in [1.29, 1.82) is 0 Å². The summed E-state index contributed by atoms with van der Waals surface area (Å²) in [7, 11) is 0. The van der Waals surface area contributed by atoms with Gasteiger partial charge in [0.1, 0.15) is 6.04 Å². The van der Waals surface area contributed by atoms with Crippen molar-refractivity contribution >= 4 is 5.97 Å². The van der Waals surface area contributed by atoms with Crippen molar-refractivity contribution in [2.24, 2.45) is 17.1 Å².